The highest BCUT2D eigenvalue weighted by Gasteiger charge is 2.35. The summed E-state index contributed by atoms with van der Waals surface area (Å²) < 4.78 is 28.6. The zero-order chi connectivity index (χ0) is 14.8. The molecule has 110 valence electrons. The highest BCUT2D eigenvalue weighted by atomic mass is 32.2. The molecule has 1 unspecified atom stereocenters. The number of para-hydroxylation sites is 2. The monoisotopic (exact) mass is 297 g/mol. The Labute approximate surface area is 119 Å². The van der Waals surface area contributed by atoms with E-state index in [2.05, 4.69) is 0 Å². The van der Waals surface area contributed by atoms with E-state index in [4.69, 9.17) is 4.74 Å². The molecule has 0 radical (unpaired) electrons. The molecule has 0 saturated carbocycles. The molecule has 1 aliphatic heterocycles. The second-order valence-electron chi connectivity index (χ2n) is 4.85. The van der Waals surface area contributed by atoms with Crippen molar-refractivity contribution >= 4 is 21.4 Å². The highest BCUT2D eigenvalue weighted by molar-refractivity contribution is 7.91. The smallest absolute Gasteiger partial charge is 0.227 e. The molecule has 1 saturated heterocycles. The van der Waals surface area contributed by atoms with E-state index < -0.39 is 9.84 Å². The van der Waals surface area contributed by atoms with Crippen LogP contribution < -0.4 is 9.64 Å². The van der Waals surface area contributed by atoms with E-state index in [1.54, 1.807) is 31.1 Å². The molecule has 1 aromatic carbocycles. The quantitative estimate of drug-likeness (QED) is 0.847. The third-order valence-electron chi connectivity index (χ3n) is 3.49. The normalized spacial score (nSPS) is 20.6. The number of methoxy groups -OCH3 is 1. The fourth-order valence-electron chi connectivity index (χ4n) is 2.51. The summed E-state index contributed by atoms with van der Waals surface area (Å²) in [7, 11) is -1.50. The van der Waals surface area contributed by atoms with E-state index in [1.165, 1.54) is 0 Å². The molecule has 0 aliphatic carbocycles. The van der Waals surface area contributed by atoms with Crippen LogP contribution in [0.3, 0.4) is 0 Å². The number of rotatable bonds is 4. The molecule has 1 aliphatic rings. The number of anilines is 1. The first-order valence-electron chi connectivity index (χ1n) is 6.64. The van der Waals surface area contributed by atoms with Gasteiger partial charge in [-0.25, -0.2) is 8.42 Å². The van der Waals surface area contributed by atoms with Crippen LogP contribution in [0.4, 0.5) is 5.69 Å². The first-order chi connectivity index (χ1) is 9.48. The molecular formula is C14H19NO4S. The van der Waals surface area contributed by atoms with Gasteiger partial charge < -0.3 is 9.64 Å². The molecule has 5 nitrogen and oxygen atoms in total. The molecule has 1 aromatic rings. The lowest BCUT2D eigenvalue weighted by atomic mass is 10.1. The second-order valence-corrected chi connectivity index (χ2v) is 7.07. The number of benzene rings is 1. The molecular weight excluding hydrogens is 278 g/mol. The molecule has 1 atom stereocenters. The van der Waals surface area contributed by atoms with Gasteiger partial charge in [-0.05, 0) is 18.6 Å². The van der Waals surface area contributed by atoms with Crippen molar-refractivity contribution in [3.63, 3.8) is 0 Å². The number of hydrogen-bond donors (Lipinski definition) is 0. The van der Waals surface area contributed by atoms with Crippen molar-refractivity contribution in [1.82, 2.24) is 0 Å². The van der Waals surface area contributed by atoms with Crippen LogP contribution in [0.25, 0.3) is 0 Å². The van der Waals surface area contributed by atoms with Crippen LogP contribution in [0.2, 0.25) is 0 Å². The maximum absolute atomic E-state index is 12.3. The van der Waals surface area contributed by atoms with Crippen LogP contribution in [-0.4, -0.2) is 39.0 Å². The third-order valence-corrected chi connectivity index (χ3v) is 5.24. The average Bonchev–Trinajstić information content (AvgIpc) is 2.79. The van der Waals surface area contributed by atoms with Crippen molar-refractivity contribution in [2.45, 2.75) is 25.8 Å². The molecule has 1 heterocycles. The minimum atomic E-state index is -3.04. The minimum Gasteiger partial charge on any atom is -0.495 e. The molecule has 1 amide bonds. The number of nitrogens with zero attached hydrogens (tertiary/aromatic N) is 1. The summed E-state index contributed by atoms with van der Waals surface area (Å²) in [5.41, 5.74) is 0.643. The summed E-state index contributed by atoms with van der Waals surface area (Å²) >= 11 is 0. The third kappa shape index (κ3) is 2.95. The van der Waals surface area contributed by atoms with Crippen LogP contribution in [0.15, 0.2) is 24.3 Å². The number of amides is 1. The molecule has 6 heteroatoms. The van der Waals surface area contributed by atoms with Gasteiger partial charge in [0.15, 0.2) is 9.84 Å². The van der Waals surface area contributed by atoms with Crippen LogP contribution >= 0.6 is 0 Å². The van der Waals surface area contributed by atoms with E-state index in [0.29, 0.717) is 24.3 Å². The summed E-state index contributed by atoms with van der Waals surface area (Å²) in [6.07, 6.45) is 0.806. The Balaban J connectivity index is 2.41. The zero-order valence-electron chi connectivity index (χ0n) is 11.7. The Hall–Kier alpha value is -1.56. The van der Waals surface area contributed by atoms with Crippen molar-refractivity contribution in [2.75, 3.05) is 23.5 Å². The van der Waals surface area contributed by atoms with E-state index in [1.807, 2.05) is 12.1 Å². The zero-order valence-corrected chi connectivity index (χ0v) is 12.5. The van der Waals surface area contributed by atoms with Crippen molar-refractivity contribution in [3.05, 3.63) is 24.3 Å². The molecule has 0 aromatic heterocycles. The Morgan fingerprint density at radius 2 is 2.10 bits per heavy atom. The minimum absolute atomic E-state index is 0.0246. The number of sulfone groups is 1. The van der Waals surface area contributed by atoms with Gasteiger partial charge in [0.2, 0.25) is 5.91 Å². The highest BCUT2D eigenvalue weighted by Crippen LogP contribution is 2.32. The van der Waals surface area contributed by atoms with E-state index in [9.17, 15) is 13.2 Å². The predicted molar refractivity (Wildman–Crippen MR) is 77.8 cm³/mol. The summed E-state index contributed by atoms with van der Waals surface area (Å²) in [5, 5.41) is 0. The lowest BCUT2D eigenvalue weighted by Gasteiger charge is -2.29. The van der Waals surface area contributed by atoms with E-state index in [0.717, 1.165) is 0 Å². The fourth-order valence-corrected chi connectivity index (χ4v) is 4.21. The van der Waals surface area contributed by atoms with Gasteiger partial charge in [-0.1, -0.05) is 19.1 Å². The van der Waals surface area contributed by atoms with Crippen molar-refractivity contribution < 1.29 is 17.9 Å². The summed E-state index contributed by atoms with van der Waals surface area (Å²) in [6.45, 7) is 1.77. The van der Waals surface area contributed by atoms with Crippen LogP contribution in [0.1, 0.15) is 19.8 Å². The molecule has 0 bridgehead atoms. The molecule has 20 heavy (non-hydrogen) atoms. The van der Waals surface area contributed by atoms with Crippen LogP contribution in [-0.2, 0) is 14.6 Å². The van der Waals surface area contributed by atoms with Crippen LogP contribution in [0.5, 0.6) is 5.75 Å². The second kappa shape index (κ2) is 5.83. The van der Waals surface area contributed by atoms with E-state index in [-0.39, 0.29) is 23.5 Å². The maximum Gasteiger partial charge on any atom is 0.227 e. The van der Waals surface area contributed by atoms with Gasteiger partial charge in [0, 0.05) is 6.42 Å². The van der Waals surface area contributed by atoms with Crippen molar-refractivity contribution in [2.24, 2.45) is 0 Å². The SMILES string of the molecule is CCC(=O)N(c1ccccc1OC)C1CCS(=O)(=O)C1. The van der Waals surface area contributed by atoms with Gasteiger partial charge in [0.25, 0.3) is 0 Å². The van der Waals surface area contributed by atoms with Crippen molar-refractivity contribution in [3.8, 4) is 5.75 Å². The largest absolute Gasteiger partial charge is 0.495 e. The Kier molecular flexibility index (Phi) is 4.32. The Morgan fingerprint density at radius 3 is 2.65 bits per heavy atom. The van der Waals surface area contributed by atoms with Crippen molar-refractivity contribution in [1.29, 1.82) is 0 Å². The molecule has 0 spiro atoms. The van der Waals surface area contributed by atoms with Gasteiger partial charge >= 0.3 is 0 Å². The standard InChI is InChI=1S/C14H19NO4S/c1-3-14(16)15(11-8-9-20(17,18)10-11)12-6-4-5-7-13(12)19-2/h4-7,11H,3,8-10H2,1-2H3. The fraction of sp³-hybridized carbons (Fsp3) is 0.500. The molecule has 1 fully saturated rings. The van der Waals surface area contributed by atoms with Gasteiger partial charge in [0.1, 0.15) is 5.75 Å². The topological polar surface area (TPSA) is 63.7 Å². The predicted octanol–water partition coefficient (Wildman–Crippen LogP) is 1.63. The maximum atomic E-state index is 12.3. The Bertz CT molecular complexity index is 597. The summed E-state index contributed by atoms with van der Waals surface area (Å²) in [4.78, 5) is 13.8. The first-order valence-corrected chi connectivity index (χ1v) is 8.46. The molecule has 0 N–H and O–H groups in total. The lowest BCUT2D eigenvalue weighted by Crippen LogP contribution is -2.41. The first kappa shape index (κ1) is 14.8. The lowest BCUT2D eigenvalue weighted by molar-refractivity contribution is -0.118. The average molecular weight is 297 g/mol. The number of hydrogen-bond acceptors (Lipinski definition) is 4. The van der Waals surface area contributed by atoms with Gasteiger partial charge in [-0.15, -0.1) is 0 Å². The van der Waals surface area contributed by atoms with Crippen LogP contribution in [0, 0.1) is 0 Å². The summed E-state index contributed by atoms with van der Waals surface area (Å²) in [6, 6.07) is 6.90. The number of carbonyl (C=O) groups is 1. The molecule has 2 rings (SSSR count). The van der Waals surface area contributed by atoms with E-state index >= 15 is 0 Å². The Morgan fingerprint density at radius 1 is 1.40 bits per heavy atom. The van der Waals surface area contributed by atoms with Gasteiger partial charge in [-0.2, -0.15) is 0 Å². The van der Waals surface area contributed by atoms with Gasteiger partial charge in [0.05, 0.1) is 30.3 Å². The number of carbonyl (C=O) groups excluding carboxylic acids is 1. The number of ether oxygens (including phenoxy) is 1. The summed E-state index contributed by atoms with van der Waals surface area (Å²) in [5.74, 6) is 0.659. The van der Waals surface area contributed by atoms with Gasteiger partial charge in [-0.3, -0.25) is 4.79 Å².